The van der Waals surface area contributed by atoms with Crippen molar-refractivity contribution >= 4 is 28.5 Å². The zero-order valence-electron chi connectivity index (χ0n) is 11.4. The molecule has 0 bridgehead atoms. The number of aromatic nitrogens is 1. The van der Waals surface area contributed by atoms with Gasteiger partial charge < -0.3 is 4.98 Å². The van der Waals surface area contributed by atoms with E-state index in [1.807, 2.05) is 30.5 Å². The highest BCUT2D eigenvalue weighted by Crippen LogP contribution is 2.27. The Hall–Kier alpha value is -2.95. The van der Waals surface area contributed by atoms with Crippen molar-refractivity contribution in [2.75, 3.05) is 0 Å². The number of hydrogen-bond acceptors (Lipinski definition) is 3. The molecule has 0 spiro atoms. The summed E-state index contributed by atoms with van der Waals surface area (Å²) in [5.41, 5.74) is 3.25. The van der Waals surface area contributed by atoms with Gasteiger partial charge in [0.1, 0.15) is 0 Å². The van der Waals surface area contributed by atoms with Gasteiger partial charge in [-0.15, -0.1) is 0 Å². The maximum Gasteiger partial charge on any atom is 0.274 e. The second kappa shape index (κ2) is 5.20. The van der Waals surface area contributed by atoms with E-state index in [4.69, 9.17) is 0 Å². The van der Waals surface area contributed by atoms with Crippen molar-refractivity contribution in [2.45, 2.75) is 6.92 Å². The van der Waals surface area contributed by atoms with E-state index in [0.29, 0.717) is 11.3 Å². The predicted molar refractivity (Wildman–Crippen MR) is 83.4 cm³/mol. The number of aliphatic imine (C=N–C) groups is 1. The van der Waals surface area contributed by atoms with Crippen LogP contribution in [0.2, 0.25) is 0 Å². The first-order valence-corrected chi connectivity index (χ1v) is 6.51. The average Bonchev–Trinajstić information content (AvgIpc) is 2.89. The van der Waals surface area contributed by atoms with Crippen LogP contribution in [0.5, 0.6) is 0 Å². The summed E-state index contributed by atoms with van der Waals surface area (Å²) >= 11 is 0. The third kappa shape index (κ3) is 2.41. The molecule has 3 aromatic rings. The van der Waals surface area contributed by atoms with Crippen molar-refractivity contribution in [1.82, 2.24) is 4.98 Å². The fraction of sp³-hybridized carbons (Fsp3) is 0.0625. The van der Waals surface area contributed by atoms with Crippen molar-refractivity contribution in [3.8, 4) is 0 Å². The number of nitrogens with zero attached hydrogens (tertiary/aromatic N) is 2. The number of nitro benzene ring substituents is 1. The Bertz CT molecular complexity index is 850. The molecule has 1 aromatic heterocycles. The zero-order valence-corrected chi connectivity index (χ0v) is 11.4. The molecule has 1 heterocycles. The molecule has 2 aromatic carbocycles. The molecule has 0 amide bonds. The third-order valence-corrected chi connectivity index (χ3v) is 3.44. The molecule has 5 heteroatoms. The van der Waals surface area contributed by atoms with E-state index < -0.39 is 0 Å². The molecule has 104 valence electrons. The lowest BCUT2D eigenvalue weighted by Gasteiger charge is -2.00. The molecule has 0 aliphatic rings. The van der Waals surface area contributed by atoms with Gasteiger partial charge in [-0.2, -0.15) is 0 Å². The van der Waals surface area contributed by atoms with Crippen LogP contribution in [0, 0.1) is 17.0 Å². The molecule has 0 aliphatic heterocycles. The third-order valence-electron chi connectivity index (χ3n) is 3.44. The van der Waals surface area contributed by atoms with Gasteiger partial charge >= 0.3 is 0 Å². The number of fused-ring (bicyclic) bond motifs is 1. The monoisotopic (exact) mass is 279 g/mol. The number of hydrogen-bond donors (Lipinski definition) is 1. The van der Waals surface area contributed by atoms with Crippen molar-refractivity contribution in [3.05, 3.63) is 69.9 Å². The molecule has 0 atom stereocenters. The number of para-hydroxylation sites is 1. The molecule has 0 radical (unpaired) electrons. The summed E-state index contributed by atoms with van der Waals surface area (Å²) in [4.78, 5) is 18.1. The second-order valence-corrected chi connectivity index (χ2v) is 4.73. The summed E-state index contributed by atoms with van der Waals surface area (Å²) in [7, 11) is 0. The predicted octanol–water partition coefficient (Wildman–Crippen LogP) is 4.14. The van der Waals surface area contributed by atoms with Crippen LogP contribution >= 0.6 is 0 Å². The number of aromatic amines is 1. The van der Waals surface area contributed by atoms with Crippen LogP contribution in [0.15, 0.2) is 53.7 Å². The minimum atomic E-state index is -0.389. The molecule has 0 saturated carbocycles. The molecule has 0 aliphatic carbocycles. The lowest BCUT2D eigenvalue weighted by Crippen LogP contribution is -1.91. The molecule has 21 heavy (non-hydrogen) atoms. The molecular formula is C16H13N3O2. The summed E-state index contributed by atoms with van der Waals surface area (Å²) < 4.78 is 0. The Morgan fingerprint density at radius 2 is 2.00 bits per heavy atom. The van der Waals surface area contributed by atoms with Crippen LogP contribution < -0.4 is 0 Å². The van der Waals surface area contributed by atoms with Crippen LogP contribution in [0.1, 0.15) is 11.1 Å². The SMILES string of the molecule is Cc1c(N=Cc2c[nH]c3ccccc23)cccc1[N+](=O)[O-]. The molecule has 0 unspecified atom stereocenters. The van der Waals surface area contributed by atoms with Gasteiger partial charge in [0.25, 0.3) is 5.69 Å². The zero-order chi connectivity index (χ0) is 14.8. The largest absolute Gasteiger partial charge is 0.361 e. The van der Waals surface area contributed by atoms with Gasteiger partial charge in [-0.3, -0.25) is 15.1 Å². The Kier molecular flexibility index (Phi) is 3.23. The number of benzene rings is 2. The van der Waals surface area contributed by atoms with Crippen LogP contribution in [0.25, 0.3) is 10.9 Å². The van der Waals surface area contributed by atoms with Gasteiger partial charge in [0.05, 0.1) is 16.2 Å². The molecule has 1 N–H and O–H groups in total. The van der Waals surface area contributed by atoms with E-state index >= 15 is 0 Å². The van der Waals surface area contributed by atoms with Crippen molar-refractivity contribution in [1.29, 1.82) is 0 Å². The molecule has 5 nitrogen and oxygen atoms in total. The van der Waals surface area contributed by atoms with Gasteiger partial charge in [0, 0.05) is 34.9 Å². The number of H-pyrrole nitrogens is 1. The Morgan fingerprint density at radius 3 is 2.81 bits per heavy atom. The van der Waals surface area contributed by atoms with E-state index in [-0.39, 0.29) is 10.6 Å². The first-order valence-electron chi connectivity index (χ1n) is 6.51. The number of nitrogens with one attached hydrogen (secondary N) is 1. The standard InChI is InChI=1S/C16H13N3O2/c1-11-14(7-4-8-16(11)19(20)21)17-9-12-10-18-15-6-3-2-5-13(12)15/h2-10,18H,1H3. The lowest BCUT2D eigenvalue weighted by molar-refractivity contribution is -0.385. The highest BCUT2D eigenvalue weighted by molar-refractivity contribution is 5.99. The van der Waals surface area contributed by atoms with Gasteiger partial charge in [-0.25, -0.2) is 0 Å². The van der Waals surface area contributed by atoms with E-state index in [1.165, 1.54) is 6.07 Å². The van der Waals surface area contributed by atoms with Crippen molar-refractivity contribution < 1.29 is 4.92 Å². The van der Waals surface area contributed by atoms with Crippen molar-refractivity contribution in [2.24, 2.45) is 4.99 Å². The molecule has 0 saturated heterocycles. The summed E-state index contributed by atoms with van der Waals surface area (Å²) in [6.45, 7) is 1.71. The normalized spacial score (nSPS) is 11.3. The first-order chi connectivity index (χ1) is 10.2. The molecule has 0 fully saturated rings. The van der Waals surface area contributed by atoms with E-state index in [1.54, 1.807) is 25.3 Å². The topological polar surface area (TPSA) is 71.3 Å². The van der Waals surface area contributed by atoms with Gasteiger partial charge in [0.2, 0.25) is 0 Å². The van der Waals surface area contributed by atoms with E-state index in [2.05, 4.69) is 9.98 Å². The lowest BCUT2D eigenvalue weighted by atomic mass is 10.1. The van der Waals surface area contributed by atoms with Crippen LogP contribution in [-0.4, -0.2) is 16.1 Å². The minimum Gasteiger partial charge on any atom is -0.361 e. The summed E-state index contributed by atoms with van der Waals surface area (Å²) in [5.74, 6) is 0. The quantitative estimate of drug-likeness (QED) is 0.444. The fourth-order valence-electron chi connectivity index (χ4n) is 2.29. The number of rotatable bonds is 3. The minimum absolute atomic E-state index is 0.0866. The van der Waals surface area contributed by atoms with Gasteiger partial charge in [-0.1, -0.05) is 24.3 Å². The maximum atomic E-state index is 10.9. The van der Waals surface area contributed by atoms with Crippen LogP contribution in [0.3, 0.4) is 0 Å². The highest BCUT2D eigenvalue weighted by atomic mass is 16.6. The van der Waals surface area contributed by atoms with Gasteiger partial charge in [0.15, 0.2) is 0 Å². The first kappa shape index (κ1) is 13.1. The van der Waals surface area contributed by atoms with Gasteiger partial charge in [-0.05, 0) is 19.1 Å². The summed E-state index contributed by atoms with van der Waals surface area (Å²) in [6.07, 6.45) is 3.60. The molecule has 3 rings (SSSR count). The van der Waals surface area contributed by atoms with Crippen LogP contribution in [0.4, 0.5) is 11.4 Å². The Labute approximate surface area is 121 Å². The Balaban J connectivity index is 2.00. The Morgan fingerprint density at radius 1 is 1.19 bits per heavy atom. The maximum absolute atomic E-state index is 10.9. The smallest absolute Gasteiger partial charge is 0.274 e. The average molecular weight is 279 g/mol. The van der Waals surface area contributed by atoms with E-state index in [0.717, 1.165) is 16.5 Å². The van der Waals surface area contributed by atoms with Crippen LogP contribution in [-0.2, 0) is 0 Å². The summed E-state index contributed by atoms with van der Waals surface area (Å²) in [5, 5.41) is 12.0. The number of nitro groups is 1. The van der Waals surface area contributed by atoms with Crippen molar-refractivity contribution in [3.63, 3.8) is 0 Å². The van der Waals surface area contributed by atoms with E-state index in [9.17, 15) is 10.1 Å². The highest BCUT2D eigenvalue weighted by Gasteiger charge is 2.12. The second-order valence-electron chi connectivity index (χ2n) is 4.73. The summed E-state index contributed by atoms with van der Waals surface area (Å²) in [6, 6.07) is 12.8. The fourth-order valence-corrected chi connectivity index (χ4v) is 2.29. The molecular weight excluding hydrogens is 266 g/mol.